The summed E-state index contributed by atoms with van der Waals surface area (Å²) in [6.45, 7) is 2.25. The molecule has 0 N–H and O–H groups in total. The third-order valence-corrected chi connectivity index (χ3v) is 5.04. The second-order valence-corrected chi connectivity index (χ2v) is 6.55. The van der Waals surface area contributed by atoms with E-state index in [2.05, 4.69) is 37.8 Å². The minimum absolute atomic E-state index is 1.05. The lowest BCUT2D eigenvalue weighted by Crippen LogP contribution is -1.80. The Kier molecular flexibility index (Phi) is 7.60. The number of hydrogen-bond donors (Lipinski definition) is 0. The number of hydrogen-bond acceptors (Lipinski definition) is 2. The van der Waals surface area contributed by atoms with Crippen LogP contribution in [0.2, 0.25) is 0 Å². The SMILES string of the molecule is C#CC#C.C#Cc1cc2sc(CCCCCC)cc2s1. The van der Waals surface area contributed by atoms with E-state index in [0.717, 1.165) is 4.88 Å². The number of aryl methyl sites for hydroxylation is 1. The van der Waals surface area contributed by atoms with E-state index in [-0.39, 0.29) is 0 Å². The average Bonchev–Trinajstić information content (AvgIpc) is 3.01. The minimum Gasteiger partial charge on any atom is -0.139 e. The number of rotatable bonds is 5. The number of unbranched alkanes of at least 4 members (excludes halogenated alkanes) is 3. The van der Waals surface area contributed by atoms with Crippen molar-refractivity contribution in [2.45, 2.75) is 39.0 Å². The standard InChI is InChI=1S/C14H16S2.C4H2/c1-3-5-6-7-8-12-10-14-13(16-12)9-11(4-2)15-14;1-3-4-2/h2,9-10H,3,5-8H2,1H3;1-2H. The zero-order valence-electron chi connectivity index (χ0n) is 11.7. The fraction of sp³-hybridized carbons (Fsp3) is 0.333. The van der Waals surface area contributed by atoms with Crippen molar-refractivity contribution >= 4 is 32.1 Å². The summed E-state index contributed by atoms with van der Waals surface area (Å²) < 4.78 is 2.73. The number of terminal acetylenes is 3. The Balaban J connectivity index is 0.000000444. The van der Waals surface area contributed by atoms with Gasteiger partial charge in [-0.1, -0.05) is 32.1 Å². The largest absolute Gasteiger partial charge is 0.139 e. The van der Waals surface area contributed by atoms with Crippen LogP contribution in [0.5, 0.6) is 0 Å². The molecular formula is C18H18S2. The van der Waals surface area contributed by atoms with E-state index in [9.17, 15) is 0 Å². The third-order valence-electron chi connectivity index (χ3n) is 2.76. The molecule has 102 valence electrons. The molecule has 0 saturated carbocycles. The smallest absolute Gasteiger partial charge is 0.0786 e. The van der Waals surface area contributed by atoms with Crippen molar-refractivity contribution in [3.63, 3.8) is 0 Å². The first kappa shape index (κ1) is 16.4. The van der Waals surface area contributed by atoms with Crippen LogP contribution in [0.4, 0.5) is 0 Å². The van der Waals surface area contributed by atoms with Crippen LogP contribution in [0.15, 0.2) is 12.1 Å². The molecule has 2 rings (SSSR count). The monoisotopic (exact) mass is 298 g/mol. The fourth-order valence-corrected chi connectivity index (χ4v) is 4.08. The van der Waals surface area contributed by atoms with Crippen molar-refractivity contribution in [1.29, 1.82) is 0 Å². The van der Waals surface area contributed by atoms with Gasteiger partial charge >= 0.3 is 0 Å². The number of thiophene rings is 2. The molecule has 0 unspecified atom stereocenters. The Morgan fingerprint density at radius 1 is 0.950 bits per heavy atom. The van der Waals surface area contributed by atoms with E-state index in [1.807, 2.05) is 23.2 Å². The first-order valence-corrected chi connectivity index (χ1v) is 8.28. The van der Waals surface area contributed by atoms with Gasteiger partial charge in [0.1, 0.15) is 0 Å². The topological polar surface area (TPSA) is 0 Å². The van der Waals surface area contributed by atoms with E-state index in [1.165, 1.54) is 46.4 Å². The van der Waals surface area contributed by atoms with Gasteiger partial charge in [0.05, 0.1) is 4.88 Å². The van der Waals surface area contributed by atoms with Gasteiger partial charge in [-0.15, -0.1) is 41.9 Å². The van der Waals surface area contributed by atoms with Crippen molar-refractivity contribution in [2.24, 2.45) is 0 Å². The molecule has 0 aromatic carbocycles. The Bertz CT molecular complexity index is 607. The molecule has 0 bridgehead atoms. The highest BCUT2D eigenvalue weighted by atomic mass is 32.1. The van der Waals surface area contributed by atoms with E-state index < -0.39 is 0 Å². The normalized spacial score (nSPS) is 9.10. The van der Waals surface area contributed by atoms with Crippen molar-refractivity contribution in [3.05, 3.63) is 21.9 Å². The highest BCUT2D eigenvalue weighted by Crippen LogP contribution is 2.33. The molecule has 0 aliphatic rings. The Labute approximate surface area is 130 Å². The lowest BCUT2D eigenvalue weighted by atomic mass is 10.1. The molecule has 0 fully saturated rings. The summed E-state index contributed by atoms with van der Waals surface area (Å²) in [5.74, 6) is 6.62. The second-order valence-electron chi connectivity index (χ2n) is 4.30. The molecule has 0 saturated heterocycles. The van der Waals surface area contributed by atoms with Crippen LogP contribution in [0.25, 0.3) is 9.40 Å². The first-order valence-electron chi connectivity index (χ1n) is 6.65. The zero-order valence-corrected chi connectivity index (χ0v) is 13.4. The fourth-order valence-electron chi connectivity index (χ4n) is 1.81. The molecule has 0 aliphatic heterocycles. The van der Waals surface area contributed by atoms with E-state index in [1.54, 1.807) is 11.3 Å². The highest BCUT2D eigenvalue weighted by molar-refractivity contribution is 7.28. The molecule has 2 heteroatoms. The van der Waals surface area contributed by atoms with Crippen LogP contribution in [0, 0.1) is 37.0 Å². The van der Waals surface area contributed by atoms with Crippen LogP contribution in [0.3, 0.4) is 0 Å². The average molecular weight is 298 g/mol. The Morgan fingerprint density at radius 3 is 2.20 bits per heavy atom. The van der Waals surface area contributed by atoms with Crippen LogP contribution >= 0.6 is 22.7 Å². The summed E-state index contributed by atoms with van der Waals surface area (Å²) in [5.41, 5.74) is 0. The minimum atomic E-state index is 1.05. The van der Waals surface area contributed by atoms with Gasteiger partial charge in [0.2, 0.25) is 0 Å². The van der Waals surface area contributed by atoms with Gasteiger partial charge < -0.3 is 0 Å². The molecule has 0 spiro atoms. The van der Waals surface area contributed by atoms with Crippen molar-refractivity contribution in [2.75, 3.05) is 0 Å². The molecule has 2 aromatic rings. The van der Waals surface area contributed by atoms with Crippen molar-refractivity contribution < 1.29 is 0 Å². The lowest BCUT2D eigenvalue weighted by molar-refractivity contribution is 0.670. The third kappa shape index (κ3) is 5.14. The molecule has 0 atom stereocenters. The maximum atomic E-state index is 5.39. The van der Waals surface area contributed by atoms with Crippen LogP contribution in [-0.2, 0) is 6.42 Å². The lowest BCUT2D eigenvalue weighted by Gasteiger charge is -1.96. The molecule has 20 heavy (non-hydrogen) atoms. The molecule has 0 nitrogen and oxygen atoms in total. The number of fused-ring (bicyclic) bond motifs is 1. The summed E-state index contributed by atoms with van der Waals surface area (Å²) in [6, 6.07) is 4.46. The highest BCUT2D eigenvalue weighted by Gasteiger charge is 2.05. The molecule has 2 heterocycles. The van der Waals surface area contributed by atoms with Crippen molar-refractivity contribution in [3.8, 4) is 37.0 Å². The van der Waals surface area contributed by atoms with Gasteiger partial charge in [-0.25, -0.2) is 0 Å². The summed E-state index contributed by atoms with van der Waals surface area (Å²) in [6.07, 6.45) is 21.1. The summed E-state index contributed by atoms with van der Waals surface area (Å²) >= 11 is 3.64. The predicted molar refractivity (Wildman–Crippen MR) is 93.1 cm³/mol. The second kappa shape index (κ2) is 9.28. The summed E-state index contributed by atoms with van der Waals surface area (Å²) in [5, 5.41) is 0. The molecule has 0 amide bonds. The van der Waals surface area contributed by atoms with Gasteiger partial charge in [-0.05, 0) is 36.8 Å². The first-order chi connectivity index (χ1) is 9.74. The summed E-state index contributed by atoms with van der Waals surface area (Å²) in [7, 11) is 0. The van der Waals surface area contributed by atoms with E-state index in [4.69, 9.17) is 6.42 Å². The van der Waals surface area contributed by atoms with Crippen LogP contribution in [-0.4, -0.2) is 0 Å². The maximum absolute atomic E-state index is 5.39. The van der Waals surface area contributed by atoms with Gasteiger partial charge in [-0.3, -0.25) is 0 Å². The van der Waals surface area contributed by atoms with Crippen LogP contribution < -0.4 is 0 Å². The maximum Gasteiger partial charge on any atom is 0.0786 e. The van der Waals surface area contributed by atoms with E-state index >= 15 is 0 Å². The van der Waals surface area contributed by atoms with Gasteiger partial charge in [0.15, 0.2) is 0 Å². The molecule has 0 aliphatic carbocycles. The van der Waals surface area contributed by atoms with Gasteiger partial charge in [-0.2, -0.15) is 0 Å². The van der Waals surface area contributed by atoms with Gasteiger partial charge in [0.25, 0.3) is 0 Å². The zero-order chi connectivity index (χ0) is 14.8. The predicted octanol–water partition coefficient (Wildman–Crippen LogP) is 5.32. The summed E-state index contributed by atoms with van der Waals surface area (Å²) in [4.78, 5) is 2.57. The van der Waals surface area contributed by atoms with Crippen molar-refractivity contribution in [1.82, 2.24) is 0 Å². The molecular weight excluding hydrogens is 280 g/mol. The molecule has 0 radical (unpaired) electrons. The Morgan fingerprint density at radius 2 is 1.65 bits per heavy atom. The molecule has 2 aromatic heterocycles. The van der Waals surface area contributed by atoms with E-state index in [0.29, 0.717) is 0 Å². The van der Waals surface area contributed by atoms with Gasteiger partial charge in [0, 0.05) is 14.3 Å². The Hall–Kier alpha value is -1.66. The quantitative estimate of drug-likeness (QED) is 0.517. The van der Waals surface area contributed by atoms with Crippen LogP contribution in [0.1, 0.15) is 42.4 Å².